The first kappa shape index (κ1) is 8.56. The molecule has 14 heavy (non-hydrogen) atoms. The Morgan fingerprint density at radius 1 is 1.14 bits per heavy atom. The minimum atomic E-state index is -0.552. The third-order valence-electron chi connectivity index (χ3n) is 1.85. The SMILES string of the molecule is O=c1cc(O)c2c(o1)C=CC=CC=C2.[H+]. The van der Waals surface area contributed by atoms with Crippen molar-refractivity contribution in [2.75, 3.05) is 0 Å². The molecule has 3 heteroatoms. The molecule has 1 aromatic rings. The fourth-order valence-corrected chi connectivity index (χ4v) is 1.22. The van der Waals surface area contributed by atoms with Crippen molar-refractivity contribution in [3.05, 3.63) is 52.1 Å². The Balaban J connectivity index is 0.00000112. The van der Waals surface area contributed by atoms with Gasteiger partial charge in [0.25, 0.3) is 0 Å². The molecule has 70 valence electrons. The van der Waals surface area contributed by atoms with Crippen LogP contribution in [0.25, 0.3) is 12.2 Å². The van der Waals surface area contributed by atoms with Gasteiger partial charge in [0.05, 0.1) is 11.6 Å². The molecule has 0 radical (unpaired) electrons. The second-order valence-corrected chi connectivity index (χ2v) is 2.83. The first-order valence-corrected chi connectivity index (χ1v) is 4.16. The van der Waals surface area contributed by atoms with Crippen LogP contribution in [-0.4, -0.2) is 5.11 Å². The number of hydrogen-bond acceptors (Lipinski definition) is 3. The molecule has 0 saturated carbocycles. The zero-order chi connectivity index (χ0) is 9.97. The molecule has 0 aromatic carbocycles. The van der Waals surface area contributed by atoms with E-state index in [4.69, 9.17) is 4.42 Å². The van der Waals surface area contributed by atoms with E-state index in [9.17, 15) is 9.90 Å². The fraction of sp³-hybridized carbons (Fsp3) is 0. The first-order chi connectivity index (χ1) is 6.77. The van der Waals surface area contributed by atoms with E-state index in [2.05, 4.69) is 0 Å². The molecule has 1 N–H and O–H groups in total. The number of rotatable bonds is 0. The number of fused-ring (bicyclic) bond motifs is 1. The molecule has 0 aliphatic heterocycles. The normalized spacial score (nSPS) is 13.4. The van der Waals surface area contributed by atoms with Gasteiger partial charge in [0.2, 0.25) is 0 Å². The highest BCUT2D eigenvalue weighted by atomic mass is 16.4. The molecule has 0 spiro atoms. The summed E-state index contributed by atoms with van der Waals surface area (Å²) in [7, 11) is 0. The Hall–Kier alpha value is -2.03. The lowest BCUT2D eigenvalue weighted by molar-refractivity contribution is 0.442. The predicted octanol–water partition coefficient (Wildman–Crippen LogP) is 2.05. The van der Waals surface area contributed by atoms with Crippen molar-refractivity contribution in [3.8, 4) is 5.75 Å². The van der Waals surface area contributed by atoms with Crippen LogP contribution in [0.15, 0.2) is 39.6 Å². The number of allylic oxidation sites excluding steroid dienone is 4. The second kappa shape index (κ2) is 3.38. The highest BCUT2D eigenvalue weighted by Gasteiger charge is 2.07. The Morgan fingerprint density at radius 2 is 1.86 bits per heavy atom. The Morgan fingerprint density at radius 3 is 2.64 bits per heavy atom. The summed E-state index contributed by atoms with van der Waals surface area (Å²) in [5.41, 5.74) is -0.0333. The van der Waals surface area contributed by atoms with Crippen LogP contribution in [0.2, 0.25) is 0 Å². The third kappa shape index (κ3) is 1.52. The molecule has 0 bridgehead atoms. The third-order valence-corrected chi connectivity index (χ3v) is 1.85. The van der Waals surface area contributed by atoms with Crippen molar-refractivity contribution in [3.63, 3.8) is 0 Å². The van der Waals surface area contributed by atoms with E-state index in [1.54, 1.807) is 24.3 Å². The van der Waals surface area contributed by atoms with Crippen molar-refractivity contribution in [1.29, 1.82) is 0 Å². The predicted molar refractivity (Wildman–Crippen MR) is 55.0 cm³/mol. The minimum Gasteiger partial charge on any atom is -0.507 e. The second-order valence-electron chi connectivity index (χ2n) is 2.83. The Bertz CT molecular complexity index is 495. The quantitative estimate of drug-likeness (QED) is 0.679. The van der Waals surface area contributed by atoms with Gasteiger partial charge in [-0.05, 0) is 12.2 Å². The maximum atomic E-state index is 11.0. The molecule has 1 aromatic heterocycles. The van der Waals surface area contributed by atoms with Gasteiger partial charge in [-0.2, -0.15) is 0 Å². The molecule has 3 nitrogen and oxygen atoms in total. The molecule has 1 aliphatic carbocycles. The molecule has 2 rings (SSSR count). The van der Waals surface area contributed by atoms with Crippen LogP contribution in [-0.2, 0) is 0 Å². The summed E-state index contributed by atoms with van der Waals surface area (Å²) >= 11 is 0. The van der Waals surface area contributed by atoms with Crippen LogP contribution >= 0.6 is 0 Å². The van der Waals surface area contributed by atoms with Crippen molar-refractivity contribution in [1.82, 2.24) is 0 Å². The lowest BCUT2D eigenvalue weighted by atomic mass is 10.1. The molecule has 0 amide bonds. The summed E-state index contributed by atoms with van der Waals surface area (Å²) in [6.45, 7) is 0. The van der Waals surface area contributed by atoms with E-state index >= 15 is 0 Å². The van der Waals surface area contributed by atoms with E-state index in [1.807, 2.05) is 12.2 Å². The van der Waals surface area contributed by atoms with Crippen molar-refractivity contribution >= 4 is 12.2 Å². The van der Waals surface area contributed by atoms with Crippen molar-refractivity contribution in [2.24, 2.45) is 0 Å². The van der Waals surface area contributed by atoms with Crippen LogP contribution in [0.5, 0.6) is 5.75 Å². The van der Waals surface area contributed by atoms with E-state index in [0.717, 1.165) is 6.07 Å². The van der Waals surface area contributed by atoms with Crippen LogP contribution in [0.1, 0.15) is 12.8 Å². The standard InChI is InChI=1S/C11H8O3/c12-9-7-11(13)14-10-6-4-2-1-3-5-8(9)10/h1-7,12H/p+1. The molecule has 1 aliphatic rings. The molecule has 1 heterocycles. The minimum absolute atomic E-state index is 0. The molecule has 0 atom stereocenters. The smallest absolute Gasteiger partial charge is 0.507 e. The zero-order valence-electron chi connectivity index (χ0n) is 8.31. The Kier molecular flexibility index (Phi) is 2.07. The highest BCUT2D eigenvalue weighted by Crippen LogP contribution is 2.22. The Labute approximate surface area is 81.8 Å². The average molecular weight is 189 g/mol. The van der Waals surface area contributed by atoms with Crippen LogP contribution in [0.3, 0.4) is 0 Å². The summed E-state index contributed by atoms with van der Waals surface area (Å²) < 4.78 is 4.93. The lowest BCUT2D eigenvalue weighted by Gasteiger charge is -2.02. The summed E-state index contributed by atoms with van der Waals surface area (Å²) in [6.07, 6.45) is 10.5. The highest BCUT2D eigenvalue weighted by molar-refractivity contribution is 5.68. The first-order valence-electron chi connectivity index (χ1n) is 4.16. The van der Waals surface area contributed by atoms with E-state index in [-0.39, 0.29) is 7.18 Å². The maximum Gasteiger partial charge on any atom is 1.00 e. The topological polar surface area (TPSA) is 50.4 Å². The van der Waals surface area contributed by atoms with Gasteiger partial charge in [0, 0.05) is 0 Å². The molecule has 0 fully saturated rings. The van der Waals surface area contributed by atoms with Gasteiger partial charge in [-0.25, -0.2) is 4.79 Å². The molecule has 0 unspecified atom stereocenters. The van der Waals surface area contributed by atoms with E-state index in [0.29, 0.717) is 11.3 Å². The lowest BCUT2D eigenvalue weighted by Crippen LogP contribution is -1.99. The summed E-state index contributed by atoms with van der Waals surface area (Å²) in [6, 6.07) is 1.06. The van der Waals surface area contributed by atoms with Gasteiger partial charge in [0.15, 0.2) is 0 Å². The summed E-state index contributed by atoms with van der Waals surface area (Å²) in [5.74, 6) is 0.308. The summed E-state index contributed by atoms with van der Waals surface area (Å²) in [4.78, 5) is 11.0. The monoisotopic (exact) mass is 189 g/mol. The average Bonchev–Trinajstić information content (AvgIpc) is 2.07. The molecular formula is C11H9O3+. The van der Waals surface area contributed by atoms with Crippen molar-refractivity contribution < 1.29 is 11.0 Å². The fourth-order valence-electron chi connectivity index (χ4n) is 1.22. The largest absolute Gasteiger partial charge is 1.00 e. The maximum absolute atomic E-state index is 11.0. The van der Waals surface area contributed by atoms with Gasteiger partial charge >= 0.3 is 7.05 Å². The van der Waals surface area contributed by atoms with Gasteiger partial charge in [-0.15, -0.1) is 0 Å². The zero-order valence-corrected chi connectivity index (χ0v) is 7.31. The van der Waals surface area contributed by atoms with Crippen LogP contribution in [0, 0.1) is 0 Å². The van der Waals surface area contributed by atoms with Crippen molar-refractivity contribution in [2.45, 2.75) is 0 Å². The van der Waals surface area contributed by atoms with Gasteiger partial charge in [-0.1, -0.05) is 24.3 Å². The van der Waals surface area contributed by atoms with E-state index < -0.39 is 5.63 Å². The van der Waals surface area contributed by atoms with Crippen LogP contribution < -0.4 is 5.63 Å². The van der Waals surface area contributed by atoms with Gasteiger partial charge in [-0.3, -0.25) is 0 Å². The molecular weight excluding hydrogens is 180 g/mol. The van der Waals surface area contributed by atoms with Gasteiger partial charge < -0.3 is 9.52 Å². The van der Waals surface area contributed by atoms with Crippen LogP contribution in [0.4, 0.5) is 0 Å². The number of aromatic hydroxyl groups is 1. The number of hydrogen-bond donors (Lipinski definition) is 1. The molecule has 0 saturated heterocycles. The van der Waals surface area contributed by atoms with E-state index in [1.165, 1.54) is 0 Å². The van der Waals surface area contributed by atoms with Gasteiger partial charge in [0.1, 0.15) is 11.5 Å². The summed E-state index contributed by atoms with van der Waals surface area (Å²) in [5, 5.41) is 9.48.